The number of benzene rings is 1. The van der Waals surface area contributed by atoms with Crippen LogP contribution in [0.5, 0.6) is 0 Å². The van der Waals surface area contributed by atoms with E-state index >= 15 is 0 Å². The Bertz CT molecular complexity index is 537. The highest BCUT2D eigenvalue weighted by Gasteiger charge is 2.20. The lowest BCUT2D eigenvalue weighted by atomic mass is 10.1. The van der Waals surface area contributed by atoms with Gasteiger partial charge in [0.15, 0.2) is 0 Å². The van der Waals surface area contributed by atoms with Gasteiger partial charge in [-0.2, -0.15) is 5.10 Å². The van der Waals surface area contributed by atoms with Crippen molar-refractivity contribution in [1.29, 1.82) is 0 Å². The standard InChI is InChI=1S/C11H9Br2IN2O/c1-16-10(9(13)5-15-16)11(17)7-4-6(14)2-3-8(7)12/h2-5,11,17H,1H3. The summed E-state index contributed by atoms with van der Waals surface area (Å²) in [6.07, 6.45) is 0.973. The Labute approximate surface area is 130 Å². The summed E-state index contributed by atoms with van der Waals surface area (Å²) in [7, 11) is 1.81. The Morgan fingerprint density at radius 1 is 1.35 bits per heavy atom. The van der Waals surface area contributed by atoms with E-state index in [1.165, 1.54) is 0 Å². The molecule has 0 amide bonds. The highest BCUT2D eigenvalue weighted by Crippen LogP contribution is 2.32. The second-order valence-electron chi connectivity index (χ2n) is 3.57. The normalized spacial score (nSPS) is 12.8. The van der Waals surface area contributed by atoms with Gasteiger partial charge in [0.05, 0.1) is 16.4 Å². The molecule has 2 rings (SSSR count). The molecule has 0 aliphatic heterocycles. The third kappa shape index (κ3) is 2.74. The number of hydrogen-bond donors (Lipinski definition) is 1. The highest BCUT2D eigenvalue weighted by atomic mass is 127. The molecule has 0 radical (unpaired) electrons. The predicted octanol–water partition coefficient (Wildman–Crippen LogP) is 3.63. The zero-order chi connectivity index (χ0) is 12.6. The Balaban J connectivity index is 2.50. The molecule has 6 heteroatoms. The van der Waals surface area contributed by atoms with Crippen LogP contribution in [-0.2, 0) is 7.05 Å². The van der Waals surface area contributed by atoms with Crippen molar-refractivity contribution in [3.8, 4) is 0 Å². The van der Waals surface area contributed by atoms with Crippen molar-refractivity contribution in [2.45, 2.75) is 6.10 Å². The molecule has 0 saturated carbocycles. The minimum Gasteiger partial charge on any atom is -0.382 e. The van der Waals surface area contributed by atoms with Crippen molar-refractivity contribution in [1.82, 2.24) is 9.78 Å². The van der Waals surface area contributed by atoms with Gasteiger partial charge in [-0.25, -0.2) is 0 Å². The Kier molecular flexibility index (Phi) is 4.27. The first kappa shape index (κ1) is 13.5. The number of halogens is 3. The lowest BCUT2D eigenvalue weighted by molar-refractivity contribution is 0.208. The van der Waals surface area contributed by atoms with Crippen molar-refractivity contribution in [2.24, 2.45) is 7.05 Å². The molecular weight excluding hydrogens is 463 g/mol. The number of aliphatic hydroxyl groups excluding tert-OH is 1. The molecule has 1 heterocycles. The van der Waals surface area contributed by atoms with Gasteiger partial charge in [0, 0.05) is 20.7 Å². The number of aromatic nitrogens is 2. The molecule has 90 valence electrons. The van der Waals surface area contributed by atoms with Crippen molar-refractivity contribution >= 4 is 54.5 Å². The molecule has 1 aromatic carbocycles. The average Bonchev–Trinajstić information content (AvgIpc) is 2.61. The van der Waals surface area contributed by atoms with Crippen LogP contribution in [0.1, 0.15) is 17.4 Å². The summed E-state index contributed by atoms with van der Waals surface area (Å²) in [6.45, 7) is 0. The monoisotopic (exact) mass is 470 g/mol. The van der Waals surface area contributed by atoms with Gasteiger partial charge < -0.3 is 5.11 Å². The van der Waals surface area contributed by atoms with Crippen LogP contribution < -0.4 is 0 Å². The molecule has 1 N–H and O–H groups in total. The second kappa shape index (κ2) is 5.38. The maximum atomic E-state index is 10.4. The van der Waals surface area contributed by atoms with E-state index in [1.807, 2.05) is 25.2 Å². The maximum Gasteiger partial charge on any atom is 0.123 e. The van der Waals surface area contributed by atoms with Crippen molar-refractivity contribution in [2.75, 3.05) is 0 Å². The summed E-state index contributed by atoms with van der Waals surface area (Å²) < 4.78 is 4.44. The third-order valence-corrected chi connectivity index (χ3v) is 4.45. The van der Waals surface area contributed by atoms with E-state index in [2.05, 4.69) is 59.5 Å². The summed E-state index contributed by atoms with van der Waals surface area (Å²) in [5.74, 6) is 0. The van der Waals surface area contributed by atoms with Gasteiger partial charge in [-0.05, 0) is 56.7 Å². The molecule has 1 atom stereocenters. The van der Waals surface area contributed by atoms with Crippen LogP contribution >= 0.6 is 54.5 Å². The number of rotatable bonds is 2. The Hall–Kier alpha value is 0.0800. The minimum atomic E-state index is -0.707. The fraction of sp³-hybridized carbons (Fsp3) is 0.182. The number of nitrogens with zero attached hydrogens (tertiary/aromatic N) is 2. The molecule has 0 bridgehead atoms. The Morgan fingerprint density at radius 3 is 2.65 bits per heavy atom. The second-order valence-corrected chi connectivity index (χ2v) is 6.52. The molecule has 0 saturated heterocycles. The first-order valence-electron chi connectivity index (χ1n) is 4.81. The first-order valence-corrected chi connectivity index (χ1v) is 7.47. The molecule has 0 aliphatic rings. The largest absolute Gasteiger partial charge is 0.382 e. The first-order chi connectivity index (χ1) is 8.00. The van der Waals surface area contributed by atoms with Crippen LogP contribution in [0.2, 0.25) is 0 Å². The van der Waals surface area contributed by atoms with Gasteiger partial charge in [0.2, 0.25) is 0 Å². The molecule has 0 fully saturated rings. The molecule has 1 aromatic heterocycles. The van der Waals surface area contributed by atoms with Crippen molar-refractivity contribution < 1.29 is 5.11 Å². The molecule has 0 aliphatic carbocycles. The van der Waals surface area contributed by atoms with Gasteiger partial charge >= 0.3 is 0 Å². The third-order valence-electron chi connectivity index (χ3n) is 2.45. The van der Waals surface area contributed by atoms with Crippen LogP contribution in [0, 0.1) is 3.57 Å². The number of aryl methyl sites for hydroxylation is 1. The van der Waals surface area contributed by atoms with E-state index in [4.69, 9.17) is 0 Å². The van der Waals surface area contributed by atoms with Crippen LogP contribution in [0.25, 0.3) is 0 Å². The molecule has 2 aromatic rings. The van der Waals surface area contributed by atoms with Crippen molar-refractivity contribution in [3.05, 3.63) is 48.2 Å². The lowest BCUT2D eigenvalue weighted by Gasteiger charge is -2.14. The van der Waals surface area contributed by atoms with Gasteiger partial charge in [-0.1, -0.05) is 15.9 Å². The number of aliphatic hydroxyl groups is 1. The summed E-state index contributed by atoms with van der Waals surface area (Å²) >= 11 is 9.08. The average molecular weight is 472 g/mol. The van der Waals surface area contributed by atoms with Crippen LogP contribution in [0.3, 0.4) is 0 Å². The van der Waals surface area contributed by atoms with Crippen LogP contribution in [0.4, 0.5) is 0 Å². The van der Waals surface area contributed by atoms with E-state index in [1.54, 1.807) is 10.9 Å². The molecule has 1 unspecified atom stereocenters. The molecular formula is C11H9Br2IN2O. The SMILES string of the molecule is Cn1ncc(Br)c1C(O)c1cc(I)ccc1Br. The van der Waals surface area contributed by atoms with E-state index in [0.717, 1.165) is 23.8 Å². The summed E-state index contributed by atoms with van der Waals surface area (Å²) in [5.41, 5.74) is 1.58. The van der Waals surface area contributed by atoms with E-state index in [-0.39, 0.29) is 0 Å². The van der Waals surface area contributed by atoms with Crippen LogP contribution in [0.15, 0.2) is 33.3 Å². The Morgan fingerprint density at radius 2 is 2.06 bits per heavy atom. The zero-order valence-electron chi connectivity index (χ0n) is 8.86. The lowest BCUT2D eigenvalue weighted by Crippen LogP contribution is -2.08. The fourth-order valence-electron chi connectivity index (χ4n) is 1.60. The van der Waals surface area contributed by atoms with Gasteiger partial charge in [0.1, 0.15) is 6.10 Å². The summed E-state index contributed by atoms with van der Waals surface area (Å²) in [5, 5.41) is 14.5. The summed E-state index contributed by atoms with van der Waals surface area (Å²) in [6, 6.07) is 5.87. The minimum absolute atomic E-state index is 0.707. The van der Waals surface area contributed by atoms with Gasteiger partial charge in [0.25, 0.3) is 0 Å². The quantitative estimate of drug-likeness (QED) is 0.679. The topological polar surface area (TPSA) is 38.0 Å². The van der Waals surface area contributed by atoms with E-state index in [9.17, 15) is 5.11 Å². The number of hydrogen-bond acceptors (Lipinski definition) is 2. The van der Waals surface area contributed by atoms with E-state index < -0.39 is 6.10 Å². The maximum absolute atomic E-state index is 10.4. The summed E-state index contributed by atoms with van der Waals surface area (Å²) in [4.78, 5) is 0. The highest BCUT2D eigenvalue weighted by molar-refractivity contribution is 14.1. The molecule has 3 nitrogen and oxygen atoms in total. The molecule has 0 spiro atoms. The van der Waals surface area contributed by atoms with E-state index in [0.29, 0.717) is 0 Å². The fourth-order valence-corrected chi connectivity index (χ4v) is 3.14. The van der Waals surface area contributed by atoms with Gasteiger partial charge in [-0.3, -0.25) is 4.68 Å². The zero-order valence-corrected chi connectivity index (χ0v) is 14.2. The molecule has 17 heavy (non-hydrogen) atoms. The van der Waals surface area contributed by atoms with Gasteiger partial charge in [-0.15, -0.1) is 0 Å². The van der Waals surface area contributed by atoms with Crippen molar-refractivity contribution in [3.63, 3.8) is 0 Å². The smallest absolute Gasteiger partial charge is 0.123 e. The predicted molar refractivity (Wildman–Crippen MR) is 81.8 cm³/mol. The van der Waals surface area contributed by atoms with Crippen LogP contribution in [-0.4, -0.2) is 14.9 Å².